The molecular weight excluding hydrogens is 341 g/mol. The number of rotatable bonds is 3. The van der Waals surface area contributed by atoms with Crippen LogP contribution in [0.3, 0.4) is 0 Å². The first kappa shape index (κ1) is 15.9. The first-order valence-corrected chi connectivity index (χ1v) is 7.76. The zero-order valence-corrected chi connectivity index (χ0v) is 13.0. The van der Waals surface area contributed by atoms with Crippen LogP contribution in [0.5, 0.6) is 0 Å². The molecule has 21 heavy (non-hydrogen) atoms. The first-order chi connectivity index (χ1) is 9.97. The second-order valence-electron chi connectivity index (χ2n) is 5.32. The van der Waals surface area contributed by atoms with Gasteiger partial charge < -0.3 is 10.4 Å². The third-order valence-corrected chi connectivity index (χ3v) is 4.23. The summed E-state index contributed by atoms with van der Waals surface area (Å²) in [4.78, 5) is 23.5. The lowest BCUT2D eigenvalue weighted by Crippen LogP contribution is -2.42. The minimum atomic E-state index is -0.886. The van der Waals surface area contributed by atoms with Gasteiger partial charge in [-0.3, -0.25) is 9.59 Å². The van der Waals surface area contributed by atoms with Crippen molar-refractivity contribution in [2.45, 2.75) is 38.1 Å². The summed E-state index contributed by atoms with van der Waals surface area (Å²) in [6.45, 7) is 0. The lowest BCUT2D eigenvalue weighted by atomic mass is 9.94. The molecule has 2 N–H and O–H groups in total. The molecule has 0 radical (unpaired) electrons. The molecule has 0 spiro atoms. The van der Waals surface area contributed by atoms with E-state index in [2.05, 4.69) is 21.2 Å². The number of amides is 1. The predicted octanol–water partition coefficient (Wildman–Crippen LogP) is 3.35. The molecule has 1 aliphatic carbocycles. The monoisotopic (exact) mass is 357 g/mol. The molecule has 0 saturated heterocycles. The van der Waals surface area contributed by atoms with E-state index < -0.39 is 29.7 Å². The number of hydrogen-bond acceptors (Lipinski definition) is 2. The molecule has 1 fully saturated rings. The van der Waals surface area contributed by atoms with Crippen molar-refractivity contribution in [1.82, 2.24) is 5.32 Å². The highest BCUT2D eigenvalue weighted by atomic mass is 79.9. The SMILES string of the molecule is O=C(N[C@H]1CCCCC[C@H]1C(=O)O)c1cc(F)cc(Br)c1. The summed E-state index contributed by atoms with van der Waals surface area (Å²) in [5, 5.41) is 12.0. The van der Waals surface area contributed by atoms with E-state index in [-0.39, 0.29) is 5.56 Å². The summed E-state index contributed by atoms with van der Waals surface area (Å²) in [6, 6.07) is 3.53. The molecule has 2 atom stereocenters. The Kier molecular flexibility index (Phi) is 5.33. The van der Waals surface area contributed by atoms with E-state index in [4.69, 9.17) is 0 Å². The van der Waals surface area contributed by atoms with Gasteiger partial charge in [-0.15, -0.1) is 0 Å². The Morgan fingerprint density at radius 1 is 1.19 bits per heavy atom. The number of carboxylic acid groups (broad SMARTS) is 1. The molecule has 2 rings (SSSR count). The van der Waals surface area contributed by atoms with Crippen LogP contribution in [0, 0.1) is 11.7 Å². The second-order valence-corrected chi connectivity index (χ2v) is 6.24. The van der Waals surface area contributed by atoms with Gasteiger partial charge >= 0.3 is 5.97 Å². The smallest absolute Gasteiger partial charge is 0.308 e. The van der Waals surface area contributed by atoms with Crippen molar-refractivity contribution in [1.29, 1.82) is 0 Å². The van der Waals surface area contributed by atoms with Crippen molar-refractivity contribution >= 4 is 27.8 Å². The maximum atomic E-state index is 13.3. The van der Waals surface area contributed by atoms with E-state index in [1.807, 2.05) is 0 Å². The summed E-state index contributed by atoms with van der Waals surface area (Å²) in [5.41, 5.74) is 0.190. The number of halogens is 2. The highest BCUT2D eigenvalue weighted by Crippen LogP contribution is 2.24. The topological polar surface area (TPSA) is 66.4 Å². The van der Waals surface area contributed by atoms with E-state index in [0.717, 1.165) is 25.3 Å². The maximum absolute atomic E-state index is 13.3. The van der Waals surface area contributed by atoms with Gasteiger partial charge in [0.25, 0.3) is 5.91 Å². The molecule has 0 aromatic heterocycles. The predicted molar refractivity (Wildman–Crippen MR) is 79.6 cm³/mol. The molecule has 0 aliphatic heterocycles. The van der Waals surface area contributed by atoms with E-state index >= 15 is 0 Å². The highest BCUT2D eigenvalue weighted by molar-refractivity contribution is 9.10. The van der Waals surface area contributed by atoms with Crippen LogP contribution < -0.4 is 5.32 Å². The summed E-state index contributed by atoms with van der Waals surface area (Å²) >= 11 is 3.14. The Bertz CT molecular complexity index is 529. The molecule has 0 bridgehead atoms. The summed E-state index contributed by atoms with van der Waals surface area (Å²) in [5.74, 6) is -2.41. The number of carbonyl (C=O) groups is 2. The molecule has 1 amide bonds. The molecule has 1 aromatic rings. The van der Waals surface area contributed by atoms with Crippen molar-refractivity contribution in [3.8, 4) is 0 Å². The first-order valence-electron chi connectivity index (χ1n) is 6.97. The molecule has 0 heterocycles. The van der Waals surface area contributed by atoms with Crippen molar-refractivity contribution < 1.29 is 19.1 Å². The number of aliphatic carboxylic acids is 1. The van der Waals surface area contributed by atoms with Crippen molar-refractivity contribution in [3.63, 3.8) is 0 Å². The zero-order chi connectivity index (χ0) is 15.4. The van der Waals surface area contributed by atoms with Crippen LogP contribution in [-0.2, 0) is 4.79 Å². The fourth-order valence-electron chi connectivity index (χ4n) is 2.71. The van der Waals surface area contributed by atoms with Crippen LogP contribution in [0.15, 0.2) is 22.7 Å². The standard InChI is InChI=1S/C15H17BrFNO3/c16-10-6-9(7-11(17)8-10)14(19)18-13-5-3-1-2-4-12(13)15(20)21/h6-8,12-13H,1-5H2,(H,18,19)(H,20,21)/t12-,13+/m1/s1. The fourth-order valence-corrected chi connectivity index (χ4v) is 3.18. The number of nitrogens with one attached hydrogen (secondary N) is 1. The fraction of sp³-hybridized carbons (Fsp3) is 0.467. The minimum Gasteiger partial charge on any atom is -0.481 e. The van der Waals surface area contributed by atoms with Gasteiger partial charge in [-0.1, -0.05) is 35.2 Å². The molecular formula is C15H17BrFNO3. The van der Waals surface area contributed by atoms with Crippen LogP contribution in [-0.4, -0.2) is 23.0 Å². The number of hydrogen-bond donors (Lipinski definition) is 2. The van der Waals surface area contributed by atoms with Gasteiger partial charge in [-0.25, -0.2) is 4.39 Å². The Morgan fingerprint density at radius 3 is 2.57 bits per heavy atom. The minimum absolute atomic E-state index is 0.190. The molecule has 114 valence electrons. The Hall–Kier alpha value is -1.43. The molecule has 1 saturated carbocycles. The number of carbonyl (C=O) groups excluding carboxylic acids is 1. The molecule has 4 nitrogen and oxygen atoms in total. The van der Waals surface area contributed by atoms with Gasteiger partial charge in [-0.2, -0.15) is 0 Å². The van der Waals surface area contributed by atoms with Gasteiger partial charge in [0.1, 0.15) is 5.82 Å². The summed E-state index contributed by atoms with van der Waals surface area (Å²) in [6.07, 6.45) is 3.92. The van der Waals surface area contributed by atoms with Gasteiger partial charge in [0.05, 0.1) is 5.92 Å². The van der Waals surface area contributed by atoms with E-state index in [9.17, 15) is 19.1 Å². The van der Waals surface area contributed by atoms with Gasteiger partial charge in [0.15, 0.2) is 0 Å². The van der Waals surface area contributed by atoms with Crippen molar-refractivity contribution in [2.24, 2.45) is 5.92 Å². The average molecular weight is 358 g/mol. The third kappa shape index (κ3) is 4.27. The number of benzene rings is 1. The molecule has 1 aliphatic rings. The lowest BCUT2D eigenvalue weighted by molar-refractivity contribution is -0.142. The summed E-state index contributed by atoms with van der Waals surface area (Å²) < 4.78 is 13.8. The quantitative estimate of drug-likeness (QED) is 0.815. The highest BCUT2D eigenvalue weighted by Gasteiger charge is 2.30. The Labute approximate surface area is 130 Å². The van der Waals surface area contributed by atoms with Gasteiger partial charge in [0, 0.05) is 16.1 Å². The van der Waals surface area contributed by atoms with Gasteiger partial charge in [-0.05, 0) is 31.0 Å². The normalized spacial score (nSPS) is 22.4. The Morgan fingerprint density at radius 2 is 1.90 bits per heavy atom. The van der Waals surface area contributed by atoms with Crippen LogP contribution in [0.4, 0.5) is 4.39 Å². The Balaban J connectivity index is 2.14. The van der Waals surface area contributed by atoms with E-state index in [1.54, 1.807) is 0 Å². The molecule has 1 aromatic carbocycles. The van der Waals surface area contributed by atoms with Crippen LogP contribution in [0.25, 0.3) is 0 Å². The van der Waals surface area contributed by atoms with Crippen molar-refractivity contribution in [3.05, 3.63) is 34.1 Å². The zero-order valence-electron chi connectivity index (χ0n) is 11.4. The molecule has 6 heteroatoms. The number of carboxylic acids is 1. The summed E-state index contributed by atoms with van der Waals surface area (Å²) in [7, 11) is 0. The molecule has 0 unspecified atom stereocenters. The van der Waals surface area contributed by atoms with Crippen LogP contribution in [0.1, 0.15) is 42.5 Å². The largest absolute Gasteiger partial charge is 0.481 e. The van der Waals surface area contributed by atoms with E-state index in [0.29, 0.717) is 17.3 Å². The van der Waals surface area contributed by atoms with E-state index in [1.165, 1.54) is 12.1 Å². The second kappa shape index (κ2) is 7.02. The maximum Gasteiger partial charge on any atom is 0.308 e. The average Bonchev–Trinajstić information content (AvgIpc) is 2.63. The van der Waals surface area contributed by atoms with Crippen LogP contribution in [0.2, 0.25) is 0 Å². The third-order valence-electron chi connectivity index (χ3n) is 3.77. The van der Waals surface area contributed by atoms with Crippen molar-refractivity contribution in [2.75, 3.05) is 0 Å². The lowest BCUT2D eigenvalue weighted by Gasteiger charge is -2.23. The van der Waals surface area contributed by atoms with Crippen LogP contribution >= 0.6 is 15.9 Å². The van der Waals surface area contributed by atoms with Gasteiger partial charge in [0.2, 0.25) is 0 Å².